The van der Waals surface area contributed by atoms with E-state index >= 15 is 0 Å². The molecule has 1 N–H and O–H groups in total. The van der Waals surface area contributed by atoms with Crippen molar-refractivity contribution in [2.24, 2.45) is 17.8 Å². The molecular formula is C18H21F2NO4. The third-order valence-electron chi connectivity index (χ3n) is 5.07. The molecule has 1 aromatic carbocycles. The van der Waals surface area contributed by atoms with Gasteiger partial charge in [-0.1, -0.05) is 6.42 Å². The molecule has 2 saturated carbocycles. The molecule has 1 aromatic rings. The second kappa shape index (κ2) is 7.37. The highest BCUT2D eigenvalue weighted by molar-refractivity contribution is 5.95. The van der Waals surface area contributed by atoms with Crippen LogP contribution >= 0.6 is 0 Å². The number of rotatable bonds is 5. The number of nitrogens with one attached hydrogen (secondary N) is 1. The van der Waals surface area contributed by atoms with Crippen LogP contribution in [0.1, 0.15) is 32.1 Å². The Kier molecular flexibility index (Phi) is 5.20. The number of Topliss-reactive ketones (excluding diaryl/α,β-unsaturated/α-hetero) is 1. The number of hydrogen-bond acceptors (Lipinski definition) is 4. The fraction of sp³-hybridized carbons (Fsp3) is 0.556. The Labute approximate surface area is 144 Å². The van der Waals surface area contributed by atoms with Crippen LogP contribution in [0.25, 0.3) is 0 Å². The van der Waals surface area contributed by atoms with Crippen LogP contribution in [0.3, 0.4) is 0 Å². The van der Waals surface area contributed by atoms with Gasteiger partial charge in [-0.3, -0.25) is 9.59 Å². The highest BCUT2D eigenvalue weighted by Gasteiger charge is 2.41. The van der Waals surface area contributed by atoms with Crippen LogP contribution in [0.5, 0.6) is 11.5 Å². The first-order valence-electron chi connectivity index (χ1n) is 8.45. The van der Waals surface area contributed by atoms with E-state index in [9.17, 15) is 18.4 Å². The topological polar surface area (TPSA) is 64.6 Å². The number of hydrogen-bond donors (Lipinski definition) is 1. The van der Waals surface area contributed by atoms with Crippen LogP contribution in [0.15, 0.2) is 18.2 Å². The van der Waals surface area contributed by atoms with Crippen molar-refractivity contribution < 1.29 is 27.8 Å². The first-order chi connectivity index (χ1) is 12.0. The maximum atomic E-state index is 12.6. The molecule has 2 aliphatic carbocycles. The number of halogens is 2. The van der Waals surface area contributed by atoms with Gasteiger partial charge in [0.05, 0.1) is 7.11 Å². The molecule has 0 heterocycles. The average molecular weight is 353 g/mol. The number of carbonyl (C=O) groups excluding carboxylic acids is 2. The van der Waals surface area contributed by atoms with Gasteiger partial charge in [0.15, 0.2) is 11.5 Å². The number of amides is 1. The second-order valence-electron chi connectivity index (χ2n) is 6.63. The molecule has 0 saturated heterocycles. The molecule has 0 aromatic heterocycles. The Bertz CT molecular complexity index is 648. The minimum absolute atomic E-state index is 0.0168. The molecule has 1 amide bonds. The highest BCUT2D eigenvalue weighted by atomic mass is 19.3. The van der Waals surface area contributed by atoms with E-state index in [1.807, 2.05) is 0 Å². The van der Waals surface area contributed by atoms with Crippen LogP contribution in [-0.2, 0) is 9.59 Å². The zero-order valence-electron chi connectivity index (χ0n) is 14.0. The summed E-state index contributed by atoms with van der Waals surface area (Å²) in [7, 11) is 1.35. The van der Waals surface area contributed by atoms with E-state index in [4.69, 9.17) is 4.74 Å². The summed E-state index contributed by atoms with van der Waals surface area (Å²) in [5, 5.41) is 2.75. The van der Waals surface area contributed by atoms with Crippen LogP contribution in [0.4, 0.5) is 14.5 Å². The molecule has 2 fully saturated rings. The maximum absolute atomic E-state index is 12.6. The highest BCUT2D eigenvalue weighted by Crippen LogP contribution is 2.40. The number of alkyl halides is 2. The molecule has 136 valence electrons. The monoisotopic (exact) mass is 353 g/mol. The van der Waals surface area contributed by atoms with Gasteiger partial charge in [-0.15, -0.1) is 0 Å². The van der Waals surface area contributed by atoms with Gasteiger partial charge in [-0.05, 0) is 37.8 Å². The molecule has 5 nitrogen and oxygen atoms in total. The summed E-state index contributed by atoms with van der Waals surface area (Å²) in [5.74, 6) is -0.115. The van der Waals surface area contributed by atoms with Crippen molar-refractivity contribution in [3.63, 3.8) is 0 Å². The van der Waals surface area contributed by atoms with Crippen molar-refractivity contribution in [3.05, 3.63) is 18.2 Å². The Morgan fingerprint density at radius 3 is 2.48 bits per heavy atom. The Morgan fingerprint density at radius 1 is 1.20 bits per heavy atom. The van der Waals surface area contributed by atoms with Crippen molar-refractivity contribution in [2.45, 2.75) is 38.7 Å². The molecule has 0 spiro atoms. The van der Waals surface area contributed by atoms with E-state index in [0.29, 0.717) is 24.3 Å². The van der Waals surface area contributed by atoms with E-state index < -0.39 is 6.61 Å². The number of anilines is 1. The van der Waals surface area contributed by atoms with Gasteiger partial charge in [0, 0.05) is 29.5 Å². The fourth-order valence-corrected chi connectivity index (χ4v) is 3.88. The van der Waals surface area contributed by atoms with Gasteiger partial charge in [0.1, 0.15) is 5.78 Å². The van der Waals surface area contributed by atoms with E-state index in [0.717, 1.165) is 19.3 Å². The van der Waals surface area contributed by atoms with Gasteiger partial charge >= 0.3 is 6.61 Å². The number of fused-ring (bicyclic) bond motifs is 2. The zero-order valence-corrected chi connectivity index (χ0v) is 14.0. The average Bonchev–Trinajstić information content (AvgIpc) is 2.54. The molecule has 2 aliphatic rings. The minimum Gasteiger partial charge on any atom is -0.493 e. The molecule has 7 heteroatoms. The van der Waals surface area contributed by atoms with Gasteiger partial charge in [-0.25, -0.2) is 0 Å². The molecule has 2 bridgehead atoms. The zero-order chi connectivity index (χ0) is 18.0. The van der Waals surface area contributed by atoms with E-state index in [-0.39, 0.29) is 35.2 Å². The predicted octanol–water partition coefficient (Wildman–Crippen LogP) is 3.63. The normalized spacial score (nSPS) is 25.6. The SMILES string of the molecule is COc1ccc(NC(=O)C2CC3CCCC(C2)C3=O)cc1OC(F)F. The Morgan fingerprint density at radius 2 is 1.88 bits per heavy atom. The number of carbonyl (C=O) groups is 2. The third-order valence-corrected chi connectivity index (χ3v) is 5.07. The van der Waals surface area contributed by atoms with Crippen LogP contribution in [-0.4, -0.2) is 25.4 Å². The lowest BCUT2D eigenvalue weighted by atomic mass is 9.67. The number of ketones is 1. The minimum atomic E-state index is -2.98. The molecule has 0 aliphatic heterocycles. The van der Waals surface area contributed by atoms with Crippen molar-refractivity contribution in [1.29, 1.82) is 0 Å². The molecule has 25 heavy (non-hydrogen) atoms. The summed E-state index contributed by atoms with van der Waals surface area (Å²) in [5.41, 5.74) is 0.364. The number of ether oxygens (including phenoxy) is 2. The predicted molar refractivity (Wildman–Crippen MR) is 86.8 cm³/mol. The van der Waals surface area contributed by atoms with E-state index in [1.165, 1.54) is 19.2 Å². The van der Waals surface area contributed by atoms with Crippen molar-refractivity contribution >= 4 is 17.4 Å². The lowest BCUT2D eigenvalue weighted by Gasteiger charge is -2.36. The first-order valence-corrected chi connectivity index (χ1v) is 8.45. The van der Waals surface area contributed by atoms with E-state index in [2.05, 4.69) is 10.1 Å². The largest absolute Gasteiger partial charge is 0.493 e. The van der Waals surface area contributed by atoms with Crippen molar-refractivity contribution in [3.8, 4) is 11.5 Å². The standard InChI is InChI=1S/C18H21F2NO4/c1-24-14-6-5-13(9-15(14)25-18(19)20)21-17(23)12-7-10-3-2-4-11(8-12)16(10)22/h5-6,9-12,18H,2-4,7-8H2,1H3,(H,21,23). The summed E-state index contributed by atoms with van der Waals surface area (Å²) in [4.78, 5) is 24.7. The summed E-state index contributed by atoms with van der Waals surface area (Å²) in [6.07, 6.45) is 3.89. The Balaban J connectivity index is 1.69. The lowest BCUT2D eigenvalue weighted by molar-refractivity contribution is -0.136. The van der Waals surface area contributed by atoms with Gasteiger partial charge in [0.25, 0.3) is 0 Å². The van der Waals surface area contributed by atoms with Crippen LogP contribution in [0, 0.1) is 17.8 Å². The van der Waals surface area contributed by atoms with Gasteiger partial charge in [-0.2, -0.15) is 8.78 Å². The second-order valence-corrected chi connectivity index (χ2v) is 6.63. The van der Waals surface area contributed by atoms with Crippen LogP contribution < -0.4 is 14.8 Å². The molecule has 0 radical (unpaired) electrons. The van der Waals surface area contributed by atoms with Gasteiger partial charge < -0.3 is 14.8 Å². The number of methoxy groups -OCH3 is 1. The summed E-state index contributed by atoms with van der Waals surface area (Å²) in [6.45, 7) is -2.98. The van der Waals surface area contributed by atoms with Crippen molar-refractivity contribution in [1.82, 2.24) is 0 Å². The summed E-state index contributed by atoms with van der Waals surface area (Å²) in [6, 6.07) is 4.36. The lowest BCUT2D eigenvalue weighted by Crippen LogP contribution is -2.40. The Hall–Kier alpha value is -2.18. The number of benzene rings is 1. The summed E-state index contributed by atoms with van der Waals surface area (Å²) >= 11 is 0. The maximum Gasteiger partial charge on any atom is 0.387 e. The first kappa shape index (κ1) is 17.6. The molecular weight excluding hydrogens is 332 g/mol. The molecule has 2 atom stereocenters. The quantitative estimate of drug-likeness (QED) is 0.878. The van der Waals surface area contributed by atoms with Gasteiger partial charge in [0.2, 0.25) is 5.91 Å². The third kappa shape index (κ3) is 3.91. The van der Waals surface area contributed by atoms with Crippen LogP contribution in [0.2, 0.25) is 0 Å². The fourth-order valence-electron chi connectivity index (χ4n) is 3.88. The van der Waals surface area contributed by atoms with Crippen molar-refractivity contribution in [2.75, 3.05) is 12.4 Å². The molecule has 2 unspecified atom stereocenters. The smallest absolute Gasteiger partial charge is 0.387 e. The summed E-state index contributed by atoms with van der Waals surface area (Å²) < 4.78 is 34.4. The molecule has 3 rings (SSSR count). The van der Waals surface area contributed by atoms with E-state index in [1.54, 1.807) is 6.07 Å².